The lowest BCUT2D eigenvalue weighted by Crippen LogP contribution is -2.42. The first-order valence-corrected chi connectivity index (χ1v) is 6.95. The summed E-state index contributed by atoms with van der Waals surface area (Å²) in [7, 11) is 0. The van der Waals surface area contributed by atoms with Crippen LogP contribution in [0.4, 0.5) is 0 Å². The molecule has 2 rings (SSSR count). The molecule has 0 aromatic carbocycles. The Bertz CT molecular complexity index is 399. The number of nitrogens with zero attached hydrogens (tertiary/aromatic N) is 3. The molecule has 0 bridgehead atoms. The number of hydrogen-bond donors (Lipinski definition) is 1. The predicted octanol–water partition coefficient (Wildman–Crippen LogP) is 1.25. The van der Waals surface area contributed by atoms with Crippen LogP contribution in [0.5, 0.6) is 0 Å². The van der Waals surface area contributed by atoms with Crippen LogP contribution in [0.15, 0.2) is 23.3 Å². The Kier molecular flexibility index (Phi) is 4.25. The Balaban J connectivity index is 1.95. The van der Waals surface area contributed by atoms with Gasteiger partial charge in [-0.25, -0.2) is 4.99 Å². The van der Waals surface area contributed by atoms with Gasteiger partial charge >= 0.3 is 0 Å². The zero-order valence-electron chi connectivity index (χ0n) is 10.1. The van der Waals surface area contributed by atoms with Gasteiger partial charge in [-0.05, 0) is 24.6 Å². The van der Waals surface area contributed by atoms with E-state index >= 15 is 0 Å². The molecular formula is C12H18N4S. The number of aromatic nitrogens is 1. The Morgan fingerprint density at radius 2 is 2.29 bits per heavy atom. The summed E-state index contributed by atoms with van der Waals surface area (Å²) in [5.41, 5.74) is 8.15. The average Bonchev–Trinajstić information content (AvgIpc) is 2.37. The second-order valence-electron chi connectivity index (χ2n) is 4.10. The third-order valence-corrected chi connectivity index (χ3v) is 3.65. The number of thioether (sulfide) groups is 1. The van der Waals surface area contributed by atoms with Crippen LogP contribution in [0.2, 0.25) is 0 Å². The fourth-order valence-electron chi connectivity index (χ4n) is 1.74. The van der Waals surface area contributed by atoms with Crippen LogP contribution in [0.1, 0.15) is 11.3 Å². The number of hydrogen-bond acceptors (Lipinski definition) is 3. The first kappa shape index (κ1) is 12.2. The highest BCUT2D eigenvalue weighted by molar-refractivity contribution is 7.99. The molecule has 0 amide bonds. The Morgan fingerprint density at radius 3 is 3.00 bits per heavy atom. The topological polar surface area (TPSA) is 54.5 Å². The van der Waals surface area contributed by atoms with Crippen molar-refractivity contribution < 1.29 is 0 Å². The molecule has 1 saturated heterocycles. The highest BCUT2D eigenvalue weighted by atomic mass is 32.2. The Labute approximate surface area is 106 Å². The van der Waals surface area contributed by atoms with Crippen molar-refractivity contribution in [3.05, 3.63) is 29.6 Å². The van der Waals surface area contributed by atoms with Crippen molar-refractivity contribution in [3.8, 4) is 0 Å². The first-order chi connectivity index (χ1) is 8.25. The molecule has 1 fully saturated rings. The normalized spacial score (nSPS) is 17.2. The highest BCUT2D eigenvalue weighted by Gasteiger charge is 2.11. The van der Waals surface area contributed by atoms with Gasteiger partial charge in [0.2, 0.25) is 0 Å². The van der Waals surface area contributed by atoms with E-state index in [0.29, 0.717) is 12.5 Å². The van der Waals surface area contributed by atoms with Crippen molar-refractivity contribution in [2.45, 2.75) is 13.5 Å². The van der Waals surface area contributed by atoms with Gasteiger partial charge in [-0.1, -0.05) is 0 Å². The van der Waals surface area contributed by atoms with Gasteiger partial charge < -0.3 is 10.6 Å². The van der Waals surface area contributed by atoms with Crippen molar-refractivity contribution in [1.82, 2.24) is 9.88 Å². The van der Waals surface area contributed by atoms with E-state index < -0.39 is 0 Å². The molecule has 0 atom stereocenters. The predicted molar refractivity (Wildman–Crippen MR) is 73.2 cm³/mol. The number of pyridine rings is 1. The van der Waals surface area contributed by atoms with Crippen molar-refractivity contribution in [2.75, 3.05) is 24.6 Å². The fraction of sp³-hybridized carbons (Fsp3) is 0.500. The molecule has 0 saturated carbocycles. The number of rotatable bonds is 2. The van der Waals surface area contributed by atoms with Gasteiger partial charge in [0.15, 0.2) is 5.96 Å². The van der Waals surface area contributed by atoms with Gasteiger partial charge in [0.25, 0.3) is 0 Å². The minimum absolute atomic E-state index is 0.567. The maximum Gasteiger partial charge on any atom is 0.191 e. The van der Waals surface area contributed by atoms with Crippen LogP contribution >= 0.6 is 11.8 Å². The third-order valence-electron chi connectivity index (χ3n) is 2.71. The highest BCUT2D eigenvalue weighted by Crippen LogP contribution is 2.09. The minimum atomic E-state index is 0.567. The van der Waals surface area contributed by atoms with Crippen LogP contribution < -0.4 is 5.73 Å². The number of nitrogens with two attached hydrogens (primary N) is 1. The maximum absolute atomic E-state index is 5.97. The van der Waals surface area contributed by atoms with E-state index in [-0.39, 0.29) is 0 Å². The van der Waals surface area contributed by atoms with E-state index in [9.17, 15) is 0 Å². The molecule has 0 spiro atoms. The second kappa shape index (κ2) is 5.91. The summed E-state index contributed by atoms with van der Waals surface area (Å²) in [6.07, 6.45) is 1.81. The summed E-state index contributed by atoms with van der Waals surface area (Å²) < 4.78 is 0. The first-order valence-electron chi connectivity index (χ1n) is 5.80. The van der Waals surface area contributed by atoms with Gasteiger partial charge in [-0.2, -0.15) is 11.8 Å². The lowest BCUT2D eigenvalue weighted by atomic mass is 10.2. The molecule has 2 N–H and O–H groups in total. The molecule has 0 unspecified atom stereocenters. The Morgan fingerprint density at radius 1 is 1.53 bits per heavy atom. The van der Waals surface area contributed by atoms with Gasteiger partial charge in [0.1, 0.15) is 0 Å². The van der Waals surface area contributed by atoms with Crippen molar-refractivity contribution in [1.29, 1.82) is 0 Å². The van der Waals surface area contributed by atoms with Crippen LogP contribution in [0, 0.1) is 6.92 Å². The summed E-state index contributed by atoms with van der Waals surface area (Å²) >= 11 is 1.97. The van der Waals surface area contributed by atoms with Crippen LogP contribution in [-0.2, 0) is 6.54 Å². The summed E-state index contributed by atoms with van der Waals surface area (Å²) in [6.45, 7) is 4.62. The smallest absolute Gasteiger partial charge is 0.191 e. The van der Waals surface area contributed by atoms with Gasteiger partial charge in [-0.3, -0.25) is 4.98 Å². The van der Waals surface area contributed by atoms with E-state index in [1.807, 2.05) is 30.1 Å². The molecule has 0 aliphatic carbocycles. The van der Waals surface area contributed by atoms with Crippen LogP contribution in [0.3, 0.4) is 0 Å². The molecule has 17 heavy (non-hydrogen) atoms. The third kappa shape index (κ3) is 3.63. The lowest BCUT2D eigenvalue weighted by Gasteiger charge is -2.27. The minimum Gasteiger partial charge on any atom is -0.370 e. The van der Waals surface area contributed by atoms with E-state index in [2.05, 4.69) is 21.8 Å². The molecule has 5 heteroatoms. The molecule has 1 aromatic rings. The van der Waals surface area contributed by atoms with Crippen LogP contribution in [0.25, 0.3) is 0 Å². The van der Waals surface area contributed by atoms with Crippen LogP contribution in [-0.4, -0.2) is 40.4 Å². The van der Waals surface area contributed by atoms with Gasteiger partial charge in [0, 0.05) is 30.8 Å². The SMILES string of the molecule is Cc1ccnc(CN=C(N)N2CCSCC2)c1. The number of guanidine groups is 1. The molecule has 1 aliphatic rings. The standard InChI is InChI=1S/C12H18N4S/c1-10-2-3-14-11(8-10)9-15-12(13)16-4-6-17-7-5-16/h2-3,8H,4-7,9H2,1H3,(H2,13,15). The average molecular weight is 250 g/mol. The van der Waals surface area contributed by atoms with E-state index in [1.54, 1.807) is 0 Å². The number of aliphatic imine (C=N–C) groups is 1. The largest absolute Gasteiger partial charge is 0.370 e. The Hall–Kier alpha value is -1.23. The molecule has 1 aromatic heterocycles. The number of aryl methyl sites for hydroxylation is 1. The summed E-state index contributed by atoms with van der Waals surface area (Å²) in [5, 5.41) is 0. The van der Waals surface area contributed by atoms with Crippen molar-refractivity contribution in [2.24, 2.45) is 10.7 Å². The van der Waals surface area contributed by atoms with Crippen molar-refractivity contribution >= 4 is 17.7 Å². The van der Waals surface area contributed by atoms with Gasteiger partial charge in [0.05, 0.1) is 12.2 Å². The molecule has 2 heterocycles. The van der Waals surface area contributed by atoms with E-state index in [1.165, 1.54) is 5.56 Å². The van der Waals surface area contributed by atoms with E-state index in [0.717, 1.165) is 30.3 Å². The van der Waals surface area contributed by atoms with Gasteiger partial charge in [-0.15, -0.1) is 0 Å². The molecule has 0 radical (unpaired) electrons. The zero-order valence-corrected chi connectivity index (χ0v) is 10.9. The molecular weight excluding hydrogens is 232 g/mol. The lowest BCUT2D eigenvalue weighted by molar-refractivity contribution is 0.455. The second-order valence-corrected chi connectivity index (χ2v) is 5.32. The van der Waals surface area contributed by atoms with E-state index in [4.69, 9.17) is 5.73 Å². The zero-order chi connectivity index (χ0) is 12.1. The molecule has 1 aliphatic heterocycles. The summed E-state index contributed by atoms with van der Waals surface area (Å²) in [6, 6.07) is 4.03. The summed E-state index contributed by atoms with van der Waals surface area (Å²) in [5.74, 6) is 2.92. The molecule has 4 nitrogen and oxygen atoms in total. The quantitative estimate of drug-likeness (QED) is 0.634. The van der Waals surface area contributed by atoms with Crippen molar-refractivity contribution in [3.63, 3.8) is 0 Å². The fourth-order valence-corrected chi connectivity index (χ4v) is 2.64. The maximum atomic E-state index is 5.97. The monoisotopic (exact) mass is 250 g/mol. The summed E-state index contributed by atoms with van der Waals surface area (Å²) in [4.78, 5) is 10.8. The molecule has 92 valence electrons.